The summed E-state index contributed by atoms with van der Waals surface area (Å²) < 4.78 is 0. The maximum Gasteiger partial charge on any atom is 0.233 e. The van der Waals surface area contributed by atoms with E-state index in [9.17, 15) is 9.59 Å². The van der Waals surface area contributed by atoms with Gasteiger partial charge < -0.3 is 10.7 Å². The van der Waals surface area contributed by atoms with Gasteiger partial charge in [-0.25, -0.2) is 0 Å². The second-order valence-corrected chi connectivity index (χ2v) is 4.39. The van der Waals surface area contributed by atoms with Crippen LogP contribution in [-0.2, 0) is 16.0 Å². The van der Waals surface area contributed by atoms with E-state index in [0.717, 1.165) is 16.5 Å². The molecule has 1 aromatic heterocycles. The summed E-state index contributed by atoms with van der Waals surface area (Å²) in [5.41, 5.74) is 7.29. The summed E-state index contributed by atoms with van der Waals surface area (Å²) in [4.78, 5) is 27.8. The van der Waals surface area contributed by atoms with Crippen LogP contribution < -0.4 is 5.73 Å². The van der Waals surface area contributed by atoms with Crippen molar-refractivity contribution in [3.05, 3.63) is 36.0 Å². The fourth-order valence-corrected chi connectivity index (χ4v) is 2.12. The molecule has 0 unspecified atom stereocenters. The van der Waals surface area contributed by atoms with Crippen molar-refractivity contribution in [3.63, 3.8) is 0 Å². The smallest absolute Gasteiger partial charge is 0.233 e. The van der Waals surface area contributed by atoms with E-state index in [1.54, 1.807) is 0 Å². The largest absolute Gasteiger partial charge is 0.361 e. The predicted molar refractivity (Wildman–Crippen MR) is 73.5 cm³/mol. The summed E-state index contributed by atoms with van der Waals surface area (Å²) in [6.07, 6.45) is 2.01. The first-order valence-corrected chi connectivity index (χ1v) is 6.19. The number of rotatable bonds is 4. The van der Waals surface area contributed by atoms with Gasteiger partial charge in [-0.05, 0) is 11.6 Å². The van der Waals surface area contributed by atoms with Gasteiger partial charge in [-0.2, -0.15) is 0 Å². The highest BCUT2D eigenvalue weighted by molar-refractivity contribution is 5.97. The Hall–Kier alpha value is -2.14. The van der Waals surface area contributed by atoms with Crippen molar-refractivity contribution in [1.29, 1.82) is 0 Å². The Labute approximate surface area is 111 Å². The van der Waals surface area contributed by atoms with Crippen molar-refractivity contribution in [2.24, 2.45) is 5.73 Å². The summed E-state index contributed by atoms with van der Waals surface area (Å²) in [6, 6.07) is 7.76. The van der Waals surface area contributed by atoms with Crippen molar-refractivity contribution in [2.75, 3.05) is 13.1 Å². The molecule has 2 amide bonds. The van der Waals surface area contributed by atoms with Crippen LogP contribution in [0.3, 0.4) is 0 Å². The highest BCUT2D eigenvalue weighted by Gasteiger charge is 2.18. The van der Waals surface area contributed by atoms with Crippen LogP contribution in [0.25, 0.3) is 10.9 Å². The number of imide groups is 1. The van der Waals surface area contributed by atoms with Crippen LogP contribution >= 0.6 is 0 Å². The van der Waals surface area contributed by atoms with Gasteiger partial charge in [0.25, 0.3) is 0 Å². The number of amides is 2. The molecule has 1 heterocycles. The normalized spacial score (nSPS) is 10.6. The lowest BCUT2D eigenvalue weighted by atomic mass is 10.1. The van der Waals surface area contributed by atoms with Crippen molar-refractivity contribution < 1.29 is 9.59 Å². The van der Waals surface area contributed by atoms with E-state index < -0.39 is 0 Å². The number of para-hydroxylation sites is 1. The van der Waals surface area contributed by atoms with Crippen LogP contribution in [0.5, 0.6) is 0 Å². The zero-order chi connectivity index (χ0) is 13.8. The quantitative estimate of drug-likeness (QED) is 0.861. The first kappa shape index (κ1) is 13.3. The third-order valence-corrected chi connectivity index (χ3v) is 3.05. The van der Waals surface area contributed by atoms with E-state index >= 15 is 0 Å². The van der Waals surface area contributed by atoms with Crippen LogP contribution in [0, 0.1) is 0 Å². The van der Waals surface area contributed by atoms with Crippen molar-refractivity contribution in [1.82, 2.24) is 9.88 Å². The molecule has 0 aliphatic rings. The van der Waals surface area contributed by atoms with Gasteiger partial charge in [0.05, 0.1) is 6.42 Å². The van der Waals surface area contributed by atoms with E-state index in [0.29, 0.717) is 0 Å². The molecule has 0 atom stereocenters. The summed E-state index contributed by atoms with van der Waals surface area (Å²) in [5, 5.41) is 1.01. The fourth-order valence-electron chi connectivity index (χ4n) is 2.12. The van der Waals surface area contributed by atoms with Crippen LogP contribution in [0.1, 0.15) is 12.5 Å². The number of nitrogens with two attached hydrogens (primary N) is 1. The molecule has 0 aliphatic carbocycles. The Morgan fingerprint density at radius 2 is 2.05 bits per heavy atom. The highest BCUT2D eigenvalue weighted by atomic mass is 16.2. The second kappa shape index (κ2) is 5.67. The first-order chi connectivity index (χ1) is 9.13. The zero-order valence-electron chi connectivity index (χ0n) is 10.8. The lowest BCUT2D eigenvalue weighted by molar-refractivity contribution is -0.142. The van der Waals surface area contributed by atoms with Gasteiger partial charge in [-0.3, -0.25) is 14.5 Å². The monoisotopic (exact) mass is 259 g/mol. The van der Waals surface area contributed by atoms with Crippen molar-refractivity contribution in [2.45, 2.75) is 13.3 Å². The summed E-state index contributed by atoms with van der Waals surface area (Å²) in [6.45, 7) is 1.92. The number of carbonyl (C=O) groups is 2. The number of nitrogens with zero attached hydrogens (tertiary/aromatic N) is 1. The van der Waals surface area contributed by atoms with Gasteiger partial charge in [0, 0.05) is 37.1 Å². The number of nitrogens with one attached hydrogen (secondary N) is 1. The molecular formula is C14H17N3O2. The minimum absolute atomic E-state index is 0.198. The number of hydrogen-bond acceptors (Lipinski definition) is 3. The standard InChI is InChI=1S/C14H17N3O2/c1-10(18)17(7-6-15)14(19)8-11-9-16-13-5-3-2-4-12(11)13/h2-5,9,16H,6-8,15H2,1H3. The van der Waals surface area contributed by atoms with Gasteiger partial charge in [-0.15, -0.1) is 0 Å². The number of H-pyrrole nitrogens is 1. The van der Waals surface area contributed by atoms with Gasteiger partial charge in [-0.1, -0.05) is 18.2 Å². The lowest BCUT2D eigenvalue weighted by Gasteiger charge is -2.17. The SMILES string of the molecule is CC(=O)N(CCN)C(=O)Cc1c[nH]c2ccccc12. The van der Waals surface area contributed by atoms with Crippen LogP contribution in [0.4, 0.5) is 0 Å². The van der Waals surface area contributed by atoms with E-state index in [-0.39, 0.29) is 31.3 Å². The van der Waals surface area contributed by atoms with Gasteiger partial charge in [0.15, 0.2) is 0 Å². The van der Waals surface area contributed by atoms with E-state index in [2.05, 4.69) is 4.98 Å². The number of aromatic nitrogens is 1. The molecule has 100 valence electrons. The minimum Gasteiger partial charge on any atom is -0.361 e. The molecule has 0 saturated heterocycles. The van der Waals surface area contributed by atoms with E-state index in [1.807, 2.05) is 30.5 Å². The van der Waals surface area contributed by atoms with Crippen LogP contribution in [-0.4, -0.2) is 34.8 Å². The molecule has 19 heavy (non-hydrogen) atoms. The molecular weight excluding hydrogens is 242 g/mol. The zero-order valence-corrected chi connectivity index (χ0v) is 10.8. The molecule has 0 aliphatic heterocycles. The Bertz CT molecular complexity index is 604. The summed E-state index contributed by atoms with van der Waals surface area (Å²) in [7, 11) is 0. The minimum atomic E-state index is -0.268. The number of carbonyl (C=O) groups excluding carboxylic acids is 2. The van der Waals surface area contributed by atoms with Crippen LogP contribution in [0.2, 0.25) is 0 Å². The molecule has 0 fully saturated rings. The Balaban J connectivity index is 2.20. The molecule has 0 radical (unpaired) electrons. The van der Waals surface area contributed by atoms with Crippen molar-refractivity contribution in [3.8, 4) is 0 Å². The third-order valence-electron chi connectivity index (χ3n) is 3.05. The summed E-state index contributed by atoms with van der Waals surface area (Å²) in [5.74, 6) is -0.488. The first-order valence-electron chi connectivity index (χ1n) is 6.19. The number of hydrogen-bond donors (Lipinski definition) is 2. The molecule has 1 aromatic carbocycles. The predicted octanol–water partition coefficient (Wildman–Crippen LogP) is 1.04. The molecule has 0 saturated carbocycles. The highest BCUT2D eigenvalue weighted by Crippen LogP contribution is 2.18. The summed E-state index contributed by atoms with van der Waals surface area (Å²) >= 11 is 0. The molecule has 5 heteroatoms. The van der Waals surface area contributed by atoms with Crippen molar-refractivity contribution >= 4 is 22.7 Å². The van der Waals surface area contributed by atoms with Crippen LogP contribution in [0.15, 0.2) is 30.5 Å². The van der Waals surface area contributed by atoms with Gasteiger partial charge >= 0.3 is 0 Å². The molecule has 0 bridgehead atoms. The lowest BCUT2D eigenvalue weighted by Crippen LogP contribution is -2.39. The Morgan fingerprint density at radius 1 is 1.32 bits per heavy atom. The second-order valence-electron chi connectivity index (χ2n) is 4.39. The molecule has 5 nitrogen and oxygen atoms in total. The number of benzene rings is 1. The molecule has 3 N–H and O–H groups in total. The van der Waals surface area contributed by atoms with Gasteiger partial charge in [0.1, 0.15) is 0 Å². The fraction of sp³-hybridized carbons (Fsp3) is 0.286. The van der Waals surface area contributed by atoms with Gasteiger partial charge in [0.2, 0.25) is 11.8 Å². The molecule has 2 rings (SSSR count). The third kappa shape index (κ3) is 2.82. The topological polar surface area (TPSA) is 79.2 Å². The van der Waals surface area contributed by atoms with E-state index in [1.165, 1.54) is 11.8 Å². The number of aromatic amines is 1. The maximum absolute atomic E-state index is 12.1. The Morgan fingerprint density at radius 3 is 2.74 bits per heavy atom. The Kier molecular flexibility index (Phi) is 3.97. The maximum atomic E-state index is 12.1. The number of fused-ring (bicyclic) bond motifs is 1. The average Bonchev–Trinajstić information content (AvgIpc) is 2.79. The van der Waals surface area contributed by atoms with E-state index in [4.69, 9.17) is 5.73 Å². The molecule has 2 aromatic rings. The molecule has 0 spiro atoms. The average molecular weight is 259 g/mol.